The van der Waals surface area contributed by atoms with Crippen LogP contribution in [0.15, 0.2) is 23.1 Å². The number of carboxylic acids is 1. The van der Waals surface area contributed by atoms with Gasteiger partial charge in [-0.15, -0.1) is 11.8 Å². The molecule has 86 valence electrons. The first-order valence-corrected chi connectivity index (χ1v) is 5.74. The highest BCUT2D eigenvalue weighted by atomic mass is 32.2. The summed E-state index contributed by atoms with van der Waals surface area (Å²) in [6.07, 6.45) is 1.73. The molecule has 0 heterocycles. The highest BCUT2D eigenvalue weighted by molar-refractivity contribution is 7.98. The number of nitro groups is 1. The number of thioether (sulfide) groups is 1. The van der Waals surface area contributed by atoms with Gasteiger partial charge in [-0.25, -0.2) is 0 Å². The van der Waals surface area contributed by atoms with Crippen LogP contribution >= 0.6 is 11.8 Å². The maximum Gasteiger partial charge on any atom is 0.307 e. The molecule has 0 spiro atoms. The van der Waals surface area contributed by atoms with Crippen LogP contribution in [0.2, 0.25) is 0 Å². The van der Waals surface area contributed by atoms with Gasteiger partial charge in [-0.2, -0.15) is 0 Å². The van der Waals surface area contributed by atoms with Crippen LogP contribution in [0.5, 0.6) is 0 Å². The summed E-state index contributed by atoms with van der Waals surface area (Å²) < 4.78 is 0. The molecule has 0 bridgehead atoms. The number of aliphatic carboxylic acids is 1. The van der Waals surface area contributed by atoms with Crippen molar-refractivity contribution in [2.24, 2.45) is 0 Å². The van der Waals surface area contributed by atoms with Gasteiger partial charge in [0.1, 0.15) is 0 Å². The maximum absolute atomic E-state index is 10.6. The third-order valence-electron chi connectivity index (χ3n) is 2.00. The summed E-state index contributed by atoms with van der Waals surface area (Å²) in [5.74, 6) is -0.937. The van der Waals surface area contributed by atoms with Crippen molar-refractivity contribution in [2.75, 3.05) is 6.26 Å². The Morgan fingerprint density at radius 1 is 1.56 bits per heavy atom. The summed E-state index contributed by atoms with van der Waals surface area (Å²) in [5.41, 5.74) is 1.15. The fourth-order valence-corrected chi connectivity index (χ4v) is 1.98. The van der Waals surface area contributed by atoms with Crippen molar-refractivity contribution >= 4 is 17.7 Å². The molecule has 0 fully saturated rings. The Morgan fingerprint density at radius 2 is 2.25 bits per heavy atom. The van der Waals surface area contributed by atoms with Gasteiger partial charge < -0.3 is 5.11 Å². The second kappa shape index (κ2) is 5.50. The molecule has 0 aliphatic carbocycles. The van der Waals surface area contributed by atoms with Gasteiger partial charge in [-0.05, 0) is 24.0 Å². The molecule has 0 radical (unpaired) electrons. The number of nitrogens with zero attached hydrogens (tertiary/aromatic N) is 1. The maximum atomic E-state index is 10.6. The Balaban J connectivity index is 3.00. The van der Waals surface area contributed by atoms with E-state index in [1.165, 1.54) is 11.8 Å². The van der Waals surface area contributed by atoms with Gasteiger partial charge in [-0.3, -0.25) is 14.9 Å². The van der Waals surface area contributed by atoms with Crippen molar-refractivity contribution in [1.29, 1.82) is 0 Å². The minimum absolute atomic E-state index is 0.109. The van der Waals surface area contributed by atoms with Crippen LogP contribution in [-0.2, 0) is 17.8 Å². The zero-order valence-electron chi connectivity index (χ0n) is 8.67. The molecule has 5 nitrogen and oxygen atoms in total. The molecule has 1 aromatic rings. The van der Waals surface area contributed by atoms with E-state index in [0.29, 0.717) is 11.1 Å². The Hall–Kier alpha value is -1.56. The third kappa shape index (κ3) is 3.54. The standard InChI is InChI=1S/C10H11NO4S/c1-16-9-3-2-7(6-11(14)15)4-8(9)5-10(12)13/h2-4H,5-6H2,1H3,(H,12,13). The van der Waals surface area contributed by atoms with Gasteiger partial charge >= 0.3 is 5.97 Å². The molecule has 1 N–H and O–H groups in total. The second-order valence-electron chi connectivity index (χ2n) is 3.21. The summed E-state index contributed by atoms with van der Waals surface area (Å²) in [6.45, 7) is -0.277. The van der Waals surface area contributed by atoms with Crippen molar-refractivity contribution in [2.45, 2.75) is 17.9 Å². The molecule has 0 amide bonds. The lowest BCUT2D eigenvalue weighted by Crippen LogP contribution is -2.04. The number of carboxylic acid groups (broad SMARTS) is 1. The number of hydrogen-bond acceptors (Lipinski definition) is 4. The average molecular weight is 241 g/mol. The van der Waals surface area contributed by atoms with Crippen molar-refractivity contribution in [3.05, 3.63) is 39.4 Å². The lowest BCUT2D eigenvalue weighted by Gasteiger charge is -2.06. The van der Waals surface area contributed by atoms with E-state index in [1.54, 1.807) is 18.2 Å². The topological polar surface area (TPSA) is 80.4 Å². The van der Waals surface area contributed by atoms with E-state index in [-0.39, 0.29) is 13.0 Å². The average Bonchev–Trinajstić information content (AvgIpc) is 2.16. The zero-order chi connectivity index (χ0) is 12.1. The van der Waals surface area contributed by atoms with Gasteiger partial charge in [0, 0.05) is 15.4 Å². The van der Waals surface area contributed by atoms with Crippen molar-refractivity contribution in [3.8, 4) is 0 Å². The normalized spacial score (nSPS) is 10.1. The number of rotatable bonds is 5. The third-order valence-corrected chi connectivity index (χ3v) is 2.84. The van der Waals surface area contributed by atoms with E-state index < -0.39 is 10.9 Å². The minimum atomic E-state index is -0.937. The van der Waals surface area contributed by atoms with Gasteiger partial charge in [0.25, 0.3) is 0 Å². The van der Waals surface area contributed by atoms with Crippen LogP contribution in [0.25, 0.3) is 0 Å². The van der Waals surface area contributed by atoms with Crippen molar-refractivity contribution in [1.82, 2.24) is 0 Å². The summed E-state index contributed by atoms with van der Waals surface area (Å²) in [7, 11) is 0. The van der Waals surface area contributed by atoms with Crippen LogP contribution < -0.4 is 0 Å². The number of hydrogen-bond donors (Lipinski definition) is 1. The smallest absolute Gasteiger partial charge is 0.307 e. The van der Waals surface area contributed by atoms with Crippen LogP contribution in [0, 0.1) is 10.1 Å². The summed E-state index contributed by atoms with van der Waals surface area (Å²) in [5, 5.41) is 19.1. The molecule has 0 aliphatic rings. The highest BCUT2D eigenvalue weighted by Crippen LogP contribution is 2.22. The quantitative estimate of drug-likeness (QED) is 0.483. The van der Waals surface area contributed by atoms with Crippen LogP contribution in [0.1, 0.15) is 11.1 Å². The molecule has 16 heavy (non-hydrogen) atoms. The SMILES string of the molecule is CSc1ccc(C[N+](=O)[O-])cc1CC(=O)O. The van der Waals surface area contributed by atoms with Gasteiger partial charge in [0.15, 0.2) is 0 Å². The Kier molecular flexibility index (Phi) is 4.30. The monoisotopic (exact) mass is 241 g/mol. The molecule has 1 rings (SSSR count). The van der Waals surface area contributed by atoms with Gasteiger partial charge in [0.05, 0.1) is 6.42 Å². The first-order valence-electron chi connectivity index (χ1n) is 4.52. The lowest BCUT2D eigenvalue weighted by atomic mass is 10.1. The summed E-state index contributed by atoms with van der Waals surface area (Å²) >= 11 is 1.43. The van der Waals surface area contributed by atoms with Crippen LogP contribution in [0.4, 0.5) is 0 Å². The highest BCUT2D eigenvalue weighted by Gasteiger charge is 2.09. The molecule has 0 unspecified atom stereocenters. The Labute approximate surface area is 96.6 Å². The Bertz CT molecular complexity index is 419. The van der Waals surface area contributed by atoms with E-state index in [0.717, 1.165) is 4.90 Å². The van der Waals surface area contributed by atoms with Crippen LogP contribution in [0.3, 0.4) is 0 Å². The van der Waals surface area contributed by atoms with Crippen molar-refractivity contribution < 1.29 is 14.8 Å². The van der Waals surface area contributed by atoms with Crippen molar-refractivity contribution in [3.63, 3.8) is 0 Å². The summed E-state index contributed by atoms with van der Waals surface area (Å²) in [6, 6.07) is 4.96. The minimum Gasteiger partial charge on any atom is -0.481 e. The van der Waals surface area contributed by atoms with E-state index in [1.807, 2.05) is 6.26 Å². The molecule has 0 aromatic heterocycles. The second-order valence-corrected chi connectivity index (χ2v) is 4.06. The molecular formula is C10H11NO4S. The van der Waals surface area contributed by atoms with Crippen LogP contribution in [-0.4, -0.2) is 22.3 Å². The van der Waals surface area contributed by atoms with E-state index in [2.05, 4.69) is 0 Å². The van der Waals surface area contributed by atoms with Gasteiger partial charge in [-0.1, -0.05) is 6.07 Å². The fourth-order valence-electron chi connectivity index (χ4n) is 1.38. The predicted molar refractivity (Wildman–Crippen MR) is 60.3 cm³/mol. The molecule has 0 saturated heterocycles. The molecule has 1 aromatic carbocycles. The molecular weight excluding hydrogens is 230 g/mol. The Morgan fingerprint density at radius 3 is 2.75 bits per heavy atom. The predicted octanol–water partition coefficient (Wildman–Crippen LogP) is 1.81. The molecule has 0 atom stereocenters. The molecule has 6 heteroatoms. The van der Waals surface area contributed by atoms with E-state index in [9.17, 15) is 14.9 Å². The number of carbonyl (C=O) groups is 1. The first-order chi connectivity index (χ1) is 7.52. The lowest BCUT2D eigenvalue weighted by molar-refractivity contribution is -0.496. The van der Waals surface area contributed by atoms with E-state index in [4.69, 9.17) is 5.11 Å². The largest absolute Gasteiger partial charge is 0.481 e. The van der Waals surface area contributed by atoms with Gasteiger partial charge in [0.2, 0.25) is 6.54 Å². The molecule has 0 saturated carbocycles. The summed E-state index contributed by atoms with van der Waals surface area (Å²) in [4.78, 5) is 21.4. The molecule has 0 aliphatic heterocycles. The first kappa shape index (κ1) is 12.5. The zero-order valence-corrected chi connectivity index (χ0v) is 9.49. The fraction of sp³-hybridized carbons (Fsp3) is 0.300. The van der Waals surface area contributed by atoms with E-state index >= 15 is 0 Å². The number of benzene rings is 1.